The van der Waals surface area contributed by atoms with Crippen LogP contribution in [0, 0.1) is 5.92 Å². The smallest absolute Gasteiger partial charge is 0.171 e. The minimum Gasteiger partial charge on any atom is -0.171 e. The third-order valence-electron chi connectivity index (χ3n) is 1.78. The minimum absolute atomic E-state index is 0.0750. The molecule has 0 bridgehead atoms. The van der Waals surface area contributed by atoms with Crippen molar-refractivity contribution in [3.8, 4) is 0 Å². The van der Waals surface area contributed by atoms with Crippen molar-refractivity contribution in [3.63, 3.8) is 0 Å². The molecule has 0 saturated heterocycles. The number of hydrogen-bond donors (Lipinski definition) is 0. The van der Waals surface area contributed by atoms with Crippen molar-refractivity contribution in [2.75, 3.05) is 0 Å². The Bertz CT molecular complexity index is 197. The molecule has 0 nitrogen and oxygen atoms in total. The SMILES string of the molecule is FC(F)(F)C1CC(Br)=CC(Br)C1. The van der Waals surface area contributed by atoms with E-state index in [1.165, 1.54) is 0 Å². The predicted octanol–water partition coefficient (Wildman–Crippen LogP) is 4.00. The summed E-state index contributed by atoms with van der Waals surface area (Å²) in [5.74, 6) is -1.21. The highest BCUT2D eigenvalue weighted by atomic mass is 79.9. The van der Waals surface area contributed by atoms with Crippen LogP contribution in [0.4, 0.5) is 13.2 Å². The van der Waals surface area contributed by atoms with Gasteiger partial charge in [0, 0.05) is 4.83 Å². The van der Waals surface area contributed by atoms with Crippen molar-refractivity contribution in [2.24, 2.45) is 5.92 Å². The highest BCUT2D eigenvalue weighted by Crippen LogP contribution is 2.40. The molecule has 0 heterocycles. The van der Waals surface area contributed by atoms with Gasteiger partial charge in [-0.1, -0.05) is 37.9 Å². The van der Waals surface area contributed by atoms with Crippen molar-refractivity contribution in [1.29, 1.82) is 0 Å². The molecule has 0 aromatic rings. The zero-order valence-electron chi connectivity index (χ0n) is 6.04. The third kappa shape index (κ3) is 2.76. The first-order valence-corrected chi connectivity index (χ1v) is 5.17. The van der Waals surface area contributed by atoms with Gasteiger partial charge in [0.1, 0.15) is 0 Å². The summed E-state index contributed by atoms with van der Waals surface area (Å²) in [5, 5.41) is 0. The summed E-state index contributed by atoms with van der Waals surface area (Å²) in [4.78, 5) is -0.160. The molecular formula is C7H7Br2F3. The molecule has 0 aromatic heterocycles. The highest BCUT2D eigenvalue weighted by Gasteiger charge is 2.41. The number of allylic oxidation sites excluding steroid dienone is 2. The second kappa shape index (κ2) is 3.70. The van der Waals surface area contributed by atoms with Gasteiger partial charge in [-0.05, 0) is 17.3 Å². The molecule has 0 saturated carbocycles. The van der Waals surface area contributed by atoms with E-state index in [1.54, 1.807) is 6.08 Å². The molecule has 0 fully saturated rings. The van der Waals surface area contributed by atoms with E-state index in [9.17, 15) is 13.2 Å². The van der Waals surface area contributed by atoms with Crippen molar-refractivity contribution < 1.29 is 13.2 Å². The topological polar surface area (TPSA) is 0 Å². The van der Waals surface area contributed by atoms with E-state index in [1.807, 2.05) is 0 Å². The maximum Gasteiger partial charge on any atom is 0.392 e. The minimum atomic E-state index is -4.07. The van der Waals surface area contributed by atoms with Gasteiger partial charge in [-0.15, -0.1) is 0 Å². The Morgan fingerprint density at radius 3 is 2.42 bits per heavy atom. The van der Waals surface area contributed by atoms with E-state index < -0.39 is 12.1 Å². The summed E-state index contributed by atoms with van der Waals surface area (Å²) in [6.45, 7) is 0. The molecule has 2 atom stereocenters. The summed E-state index contributed by atoms with van der Waals surface area (Å²) in [5.41, 5.74) is 0. The van der Waals surface area contributed by atoms with Crippen molar-refractivity contribution in [1.82, 2.24) is 0 Å². The lowest BCUT2D eigenvalue weighted by Gasteiger charge is -2.25. The van der Waals surface area contributed by atoms with Crippen LogP contribution < -0.4 is 0 Å². The van der Waals surface area contributed by atoms with Gasteiger partial charge in [-0.3, -0.25) is 0 Å². The fourth-order valence-electron chi connectivity index (χ4n) is 1.17. The van der Waals surface area contributed by atoms with Crippen LogP contribution in [0.15, 0.2) is 10.6 Å². The van der Waals surface area contributed by atoms with Crippen LogP contribution in [-0.2, 0) is 0 Å². The van der Waals surface area contributed by atoms with Crippen LogP contribution in [0.1, 0.15) is 12.8 Å². The van der Waals surface area contributed by atoms with Crippen LogP contribution in [0.2, 0.25) is 0 Å². The Morgan fingerprint density at radius 2 is 2.00 bits per heavy atom. The van der Waals surface area contributed by atoms with E-state index in [0.29, 0.717) is 4.48 Å². The Hall–Kier alpha value is 0.490. The highest BCUT2D eigenvalue weighted by molar-refractivity contribution is 9.12. The van der Waals surface area contributed by atoms with E-state index in [2.05, 4.69) is 31.9 Å². The van der Waals surface area contributed by atoms with E-state index >= 15 is 0 Å². The van der Waals surface area contributed by atoms with Crippen LogP contribution in [0.5, 0.6) is 0 Å². The molecule has 12 heavy (non-hydrogen) atoms. The molecule has 1 aliphatic carbocycles. The van der Waals surface area contributed by atoms with Crippen LogP contribution in [0.25, 0.3) is 0 Å². The zero-order valence-corrected chi connectivity index (χ0v) is 9.21. The van der Waals surface area contributed by atoms with Crippen LogP contribution in [0.3, 0.4) is 0 Å². The largest absolute Gasteiger partial charge is 0.392 e. The van der Waals surface area contributed by atoms with Gasteiger partial charge < -0.3 is 0 Å². The van der Waals surface area contributed by atoms with Gasteiger partial charge in [0.25, 0.3) is 0 Å². The lowest BCUT2D eigenvalue weighted by Crippen LogP contribution is -2.27. The van der Waals surface area contributed by atoms with E-state index in [-0.39, 0.29) is 17.7 Å². The third-order valence-corrected chi connectivity index (χ3v) is 3.00. The quantitative estimate of drug-likeness (QED) is 0.593. The average molecular weight is 308 g/mol. The normalized spacial score (nSPS) is 31.6. The summed E-state index contributed by atoms with van der Waals surface area (Å²) in [7, 11) is 0. The van der Waals surface area contributed by atoms with E-state index in [0.717, 1.165) is 0 Å². The Morgan fingerprint density at radius 1 is 1.42 bits per heavy atom. The zero-order chi connectivity index (χ0) is 9.35. The van der Waals surface area contributed by atoms with Gasteiger partial charge >= 0.3 is 6.18 Å². The molecule has 0 spiro atoms. The Kier molecular flexibility index (Phi) is 3.26. The first-order chi connectivity index (χ1) is 5.39. The maximum atomic E-state index is 12.2. The van der Waals surface area contributed by atoms with E-state index in [4.69, 9.17) is 0 Å². The summed E-state index contributed by atoms with van der Waals surface area (Å²) >= 11 is 6.25. The monoisotopic (exact) mass is 306 g/mol. The standard InChI is InChI=1S/C7H7Br2F3/c8-5-1-4(7(10,11)12)2-6(9)3-5/h3-5H,1-2H2. The summed E-state index contributed by atoms with van der Waals surface area (Å²) in [6.07, 6.45) is -2.09. The predicted molar refractivity (Wildman–Crippen MR) is 48.5 cm³/mol. The van der Waals surface area contributed by atoms with Gasteiger partial charge in [0.05, 0.1) is 5.92 Å². The Balaban J connectivity index is 2.68. The average Bonchev–Trinajstić information content (AvgIpc) is 1.82. The molecule has 2 unspecified atom stereocenters. The number of alkyl halides is 4. The second-order valence-electron chi connectivity index (χ2n) is 2.81. The first kappa shape index (κ1) is 10.6. The number of hydrogen-bond acceptors (Lipinski definition) is 0. The molecule has 0 N–H and O–H groups in total. The van der Waals surface area contributed by atoms with Gasteiger partial charge in [-0.2, -0.15) is 13.2 Å². The van der Waals surface area contributed by atoms with Crippen LogP contribution in [-0.4, -0.2) is 11.0 Å². The molecule has 70 valence electrons. The van der Waals surface area contributed by atoms with Crippen LogP contribution >= 0.6 is 31.9 Å². The van der Waals surface area contributed by atoms with Crippen molar-refractivity contribution in [2.45, 2.75) is 23.8 Å². The fourth-order valence-corrected chi connectivity index (χ4v) is 3.01. The lowest BCUT2D eigenvalue weighted by molar-refractivity contribution is -0.175. The Labute approximate surface area is 85.5 Å². The second-order valence-corrected chi connectivity index (χ2v) is 5.00. The molecule has 1 rings (SSSR count). The number of halogens is 5. The molecule has 0 aliphatic heterocycles. The molecule has 0 radical (unpaired) electrons. The number of rotatable bonds is 0. The van der Waals surface area contributed by atoms with Crippen molar-refractivity contribution >= 4 is 31.9 Å². The maximum absolute atomic E-state index is 12.2. The molecule has 0 aromatic carbocycles. The summed E-state index contributed by atoms with van der Waals surface area (Å²) in [6, 6.07) is 0. The van der Waals surface area contributed by atoms with Gasteiger partial charge in [0.2, 0.25) is 0 Å². The van der Waals surface area contributed by atoms with Gasteiger partial charge in [0.15, 0.2) is 0 Å². The molecule has 5 heteroatoms. The summed E-state index contributed by atoms with van der Waals surface area (Å²) < 4.78 is 37.3. The lowest BCUT2D eigenvalue weighted by atomic mass is 9.94. The molecule has 1 aliphatic rings. The fraction of sp³-hybridized carbons (Fsp3) is 0.714. The first-order valence-electron chi connectivity index (χ1n) is 3.46. The molecule has 0 amide bonds. The van der Waals surface area contributed by atoms with Crippen molar-refractivity contribution in [3.05, 3.63) is 10.6 Å². The van der Waals surface area contributed by atoms with Gasteiger partial charge in [-0.25, -0.2) is 0 Å². The molecular weight excluding hydrogens is 301 g/mol.